The zero-order valence-electron chi connectivity index (χ0n) is 11.9. The molecule has 1 N–H and O–H groups in total. The molecule has 1 unspecified atom stereocenters. The van der Waals surface area contributed by atoms with Crippen LogP contribution in [-0.2, 0) is 9.53 Å². The molecular formula is C14H25NO3. The van der Waals surface area contributed by atoms with Gasteiger partial charge >= 0.3 is 0 Å². The van der Waals surface area contributed by atoms with Crippen LogP contribution in [0.2, 0.25) is 0 Å². The Kier molecular flexibility index (Phi) is 3.56. The summed E-state index contributed by atoms with van der Waals surface area (Å²) in [7, 11) is 1.60. The summed E-state index contributed by atoms with van der Waals surface area (Å²) in [4.78, 5) is 14.7. The maximum atomic E-state index is 12.5. The van der Waals surface area contributed by atoms with Crippen molar-refractivity contribution in [2.24, 2.45) is 11.3 Å². The number of carbonyl (C=O) groups is 1. The minimum absolute atomic E-state index is 0.0986. The van der Waals surface area contributed by atoms with E-state index in [-0.39, 0.29) is 23.7 Å². The van der Waals surface area contributed by atoms with E-state index in [1.807, 2.05) is 0 Å². The highest BCUT2D eigenvalue weighted by molar-refractivity contribution is 5.92. The van der Waals surface area contributed by atoms with Crippen LogP contribution in [0, 0.1) is 11.3 Å². The number of ether oxygens (including phenoxy) is 1. The van der Waals surface area contributed by atoms with Crippen LogP contribution in [0.25, 0.3) is 0 Å². The van der Waals surface area contributed by atoms with Gasteiger partial charge in [0.2, 0.25) is 0 Å². The molecule has 3 rings (SSSR count). The lowest BCUT2D eigenvalue weighted by atomic mass is 9.65. The SMILES string of the molecule is COC[C@]1(CO)C(=O)[C@@H]2CCN1[C@H](C(C)(C)C)C2. The van der Waals surface area contributed by atoms with Gasteiger partial charge in [0.15, 0.2) is 5.78 Å². The van der Waals surface area contributed by atoms with E-state index in [0.717, 1.165) is 19.4 Å². The Bertz CT molecular complexity index is 336. The summed E-state index contributed by atoms with van der Waals surface area (Å²) in [6.07, 6.45) is 1.85. The van der Waals surface area contributed by atoms with Crippen LogP contribution in [0.1, 0.15) is 33.6 Å². The van der Waals surface area contributed by atoms with E-state index < -0.39 is 5.54 Å². The molecule has 0 amide bonds. The van der Waals surface area contributed by atoms with Gasteiger partial charge in [-0.3, -0.25) is 9.69 Å². The van der Waals surface area contributed by atoms with Gasteiger partial charge in [-0.15, -0.1) is 0 Å². The number of methoxy groups -OCH3 is 1. The molecule has 4 heteroatoms. The standard InChI is InChI=1S/C14H25NO3/c1-13(2,3)11-7-10-5-6-15(11)14(8-16,9-18-4)12(10)17/h10-11,16H,5-9H2,1-4H3/t10-,11+,14-/m1/s1. The minimum atomic E-state index is -0.798. The predicted octanol–water partition coefficient (Wildman–Crippen LogP) is 1.07. The summed E-state index contributed by atoms with van der Waals surface area (Å²) in [5, 5.41) is 9.81. The van der Waals surface area contributed by atoms with Crippen molar-refractivity contribution in [2.75, 3.05) is 26.9 Å². The Hall–Kier alpha value is -0.450. The van der Waals surface area contributed by atoms with Crippen molar-refractivity contribution in [3.05, 3.63) is 0 Å². The maximum Gasteiger partial charge on any atom is 0.161 e. The van der Waals surface area contributed by atoms with Crippen LogP contribution in [-0.4, -0.2) is 54.2 Å². The summed E-state index contributed by atoms with van der Waals surface area (Å²) >= 11 is 0. The first-order valence-electron chi connectivity index (χ1n) is 6.77. The van der Waals surface area contributed by atoms with E-state index in [1.54, 1.807) is 7.11 Å². The van der Waals surface area contributed by atoms with Gasteiger partial charge in [-0.1, -0.05) is 20.8 Å². The second kappa shape index (κ2) is 4.58. The van der Waals surface area contributed by atoms with Gasteiger partial charge in [-0.05, 0) is 18.3 Å². The quantitative estimate of drug-likeness (QED) is 0.819. The normalized spacial score (nSPS) is 40.3. The highest BCUT2D eigenvalue weighted by Crippen LogP contribution is 2.45. The zero-order valence-corrected chi connectivity index (χ0v) is 11.9. The van der Waals surface area contributed by atoms with Gasteiger partial charge in [-0.25, -0.2) is 0 Å². The van der Waals surface area contributed by atoms with Crippen molar-refractivity contribution in [3.8, 4) is 0 Å². The van der Waals surface area contributed by atoms with Gasteiger partial charge in [0, 0.05) is 25.6 Å². The Labute approximate surface area is 109 Å². The van der Waals surface area contributed by atoms with E-state index in [2.05, 4.69) is 25.7 Å². The van der Waals surface area contributed by atoms with Crippen molar-refractivity contribution in [2.45, 2.75) is 45.2 Å². The summed E-state index contributed by atoms with van der Waals surface area (Å²) in [6, 6.07) is 0.344. The van der Waals surface area contributed by atoms with Gasteiger partial charge in [-0.2, -0.15) is 0 Å². The molecule has 104 valence electrons. The van der Waals surface area contributed by atoms with Crippen LogP contribution in [0.5, 0.6) is 0 Å². The molecular weight excluding hydrogens is 230 g/mol. The molecule has 3 saturated heterocycles. The fourth-order valence-electron chi connectivity index (χ4n) is 3.67. The topological polar surface area (TPSA) is 49.8 Å². The average molecular weight is 255 g/mol. The molecule has 0 spiro atoms. The number of hydrogen-bond donors (Lipinski definition) is 1. The number of ketones is 1. The molecule has 3 heterocycles. The second-order valence-electron chi connectivity index (χ2n) is 6.78. The number of aliphatic hydroxyl groups excluding tert-OH is 1. The minimum Gasteiger partial charge on any atom is -0.394 e. The van der Waals surface area contributed by atoms with E-state index in [9.17, 15) is 9.90 Å². The first-order valence-corrected chi connectivity index (χ1v) is 6.77. The van der Waals surface area contributed by atoms with E-state index in [1.165, 1.54) is 0 Å². The third kappa shape index (κ3) is 1.91. The Morgan fingerprint density at radius 1 is 1.50 bits per heavy atom. The Morgan fingerprint density at radius 2 is 2.17 bits per heavy atom. The monoisotopic (exact) mass is 255 g/mol. The molecule has 0 radical (unpaired) electrons. The zero-order chi connectivity index (χ0) is 13.6. The third-order valence-corrected chi connectivity index (χ3v) is 4.63. The molecule has 0 aliphatic carbocycles. The van der Waals surface area contributed by atoms with E-state index >= 15 is 0 Å². The molecule has 0 aromatic rings. The number of Topliss-reactive ketones (excluding diaryl/α,β-unsaturated/α-hetero) is 1. The molecule has 3 aliphatic rings. The lowest BCUT2D eigenvalue weighted by Crippen LogP contribution is -2.73. The highest BCUT2D eigenvalue weighted by Gasteiger charge is 2.58. The second-order valence-corrected chi connectivity index (χ2v) is 6.78. The number of rotatable bonds is 3. The van der Waals surface area contributed by atoms with Crippen LogP contribution in [0.4, 0.5) is 0 Å². The van der Waals surface area contributed by atoms with Crippen molar-refractivity contribution >= 4 is 5.78 Å². The number of fused-ring (bicyclic) bond motifs is 3. The summed E-state index contributed by atoms with van der Waals surface area (Å²) in [5.74, 6) is 0.278. The lowest BCUT2D eigenvalue weighted by Gasteiger charge is -2.59. The van der Waals surface area contributed by atoms with Gasteiger partial charge in [0.1, 0.15) is 5.54 Å². The van der Waals surface area contributed by atoms with E-state index in [4.69, 9.17) is 4.74 Å². The first-order chi connectivity index (χ1) is 8.36. The fraction of sp³-hybridized carbons (Fsp3) is 0.929. The Balaban J connectivity index is 2.37. The van der Waals surface area contributed by atoms with Crippen molar-refractivity contribution in [1.29, 1.82) is 0 Å². The summed E-state index contributed by atoms with van der Waals surface area (Å²) in [6.45, 7) is 7.67. The molecule has 0 aromatic heterocycles. The molecule has 4 nitrogen and oxygen atoms in total. The van der Waals surface area contributed by atoms with Crippen LogP contribution in [0.3, 0.4) is 0 Å². The molecule has 3 fully saturated rings. The van der Waals surface area contributed by atoms with Crippen molar-refractivity contribution < 1.29 is 14.6 Å². The van der Waals surface area contributed by atoms with Crippen LogP contribution >= 0.6 is 0 Å². The van der Waals surface area contributed by atoms with Crippen LogP contribution < -0.4 is 0 Å². The first kappa shape index (κ1) is 14.0. The average Bonchev–Trinajstić information content (AvgIpc) is 2.32. The molecule has 0 saturated carbocycles. The summed E-state index contributed by atoms with van der Waals surface area (Å²) < 4.78 is 5.24. The molecule has 4 atom stereocenters. The third-order valence-electron chi connectivity index (χ3n) is 4.63. The molecule has 0 aromatic carbocycles. The smallest absolute Gasteiger partial charge is 0.161 e. The summed E-state index contributed by atoms with van der Waals surface area (Å²) in [5.41, 5.74) is -0.679. The molecule has 18 heavy (non-hydrogen) atoms. The van der Waals surface area contributed by atoms with Crippen LogP contribution in [0.15, 0.2) is 0 Å². The number of nitrogens with zero attached hydrogens (tertiary/aromatic N) is 1. The number of hydrogen-bond acceptors (Lipinski definition) is 4. The highest BCUT2D eigenvalue weighted by atomic mass is 16.5. The van der Waals surface area contributed by atoms with Crippen molar-refractivity contribution in [1.82, 2.24) is 4.90 Å². The van der Waals surface area contributed by atoms with Gasteiger partial charge in [0.05, 0.1) is 13.2 Å². The fourth-order valence-corrected chi connectivity index (χ4v) is 3.67. The maximum absolute atomic E-state index is 12.5. The molecule has 2 bridgehead atoms. The number of carbonyl (C=O) groups excluding carboxylic acids is 1. The predicted molar refractivity (Wildman–Crippen MR) is 69.4 cm³/mol. The number of piperidine rings is 3. The largest absolute Gasteiger partial charge is 0.394 e. The van der Waals surface area contributed by atoms with Gasteiger partial charge in [0.25, 0.3) is 0 Å². The number of aliphatic hydroxyl groups is 1. The van der Waals surface area contributed by atoms with Crippen molar-refractivity contribution in [3.63, 3.8) is 0 Å². The van der Waals surface area contributed by atoms with Gasteiger partial charge < -0.3 is 9.84 Å². The Morgan fingerprint density at radius 3 is 2.67 bits per heavy atom. The lowest BCUT2D eigenvalue weighted by molar-refractivity contribution is -0.173. The molecule has 3 aliphatic heterocycles. The van der Waals surface area contributed by atoms with E-state index in [0.29, 0.717) is 12.6 Å².